The van der Waals surface area contributed by atoms with Crippen LogP contribution in [0.3, 0.4) is 0 Å². The molecule has 5 rings (SSSR count). The van der Waals surface area contributed by atoms with Crippen LogP contribution in [0.15, 0.2) is 23.0 Å². The summed E-state index contributed by atoms with van der Waals surface area (Å²) in [6.45, 7) is 6.65. The molecule has 0 bridgehead atoms. The first kappa shape index (κ1) is 20.3. The van der Waals surface area contributed by atoms with E-state index in [1.165, 1.54) is 6.07 Å². The molecule has 0 amide bonds. The van der Waals surface area contributed by atoms with Gasteiger partial charge in [0.2, 0.25) is 0 Å². The van der Waals surface area contributed by atoms with Gasteiger partial charge in [-0.1, -0.05) is 13.8 Å². The van der Waals surface area contributed by atoms with Gasteiger partial charge in [-0.05, 0) is 35.7 Å². The Balaban J connectivity index is 1.77. The summed E-state index contributed by atoms with van der Waals surface area (Å²) < 4.78 is 21.1. The molecule has 1 aromatic carbocycles. The lowest BCUT2D eigenvalue weighted by Gasteiger charge is -2.26. The Bertz CT molecular complexity index is 1280. The maximum Gasteiger partial charge on any atom is 0.257 e. The topological polar surface area (TPSA) is 96.6 Å². The first-order valence-corrected chi connectivity index (χ1v) is 10.4. The van der Waals surface area contributed by atoms with E-state index in [1.54, 1.807) is 23.6 Å². The van der Waals surface area contributed by atoms with Crippen LogP contribution in [0.4, 0.5) is 4.39 Å². The molecular formula is C23H24FN3O4. The number of nitrogens with one attached hydrogen (secondary N) is 1. The largest absolute Gasteiger partial charge is 0.383 e. The SMILES string of the molecule is Cc1cc2c(CNC(C)C)c3c(nc2cc1F)-c1cc2c(c(=O)n1C3)COC(O)[C@H]2O. The number of aliphatic hydroxyl groups excluding tert-OH is 2. The zero-order chi connectivity index (χ0) is 22.0. The Morgan fingerprint density at radius 3 is 2.81 bits per heavy atom. The third kappa shape index (κ3) is 3.10. The van der Waals surface area contributed by atoms with E-state index in [1.807, 2.05) is 0 Å². The van der Waals surface area contributed by atoms with Gasteiger partial charge in [-0.2, -0.15) is 0 Å². The van der Waals surface area contributed by atoms with E-state index < -0.39 is 12.4 Å². The predicted octanol–water partition coefficient (Wildman–Crippen LogP) is 2.25. The van der Waals surface area contributed by atoms with Crippen molar-refractivity contribution in [2.45, 2.75) is 58.9 Å². The van der Waals surface area contributed by atoms with Gasteiger partial charge in [-0.3, -0.25) is 4.79 Å². The molecule has 3 N–H and O–H groups in total. The number of rotatable bonds is 3. The summed E-state index contributed by atoms with van der Waals surface area (Å²) in [6, 6.07) is 5.17. The second-order valence-electron chi connectivity index (χ2n) is 8.57. The van der Waals surface area contributed by atoms with Gasteiger partial charge in [0.25, 0.3) is 5.56 Å². The number of nitrogens with zero attached hydrogens (tertiary/aromatic N) is 2. The fourth-order valence-corrected chi connectivity index (χ4v) is 4.43. The van der Waals surface area contributed by atoms with Gasteiger partial charge in [0.1, 0.15) is 11.9 Å². The van der Waals surface area contributed by atoms with Crippen LogP contribution in [-0.4, -0.2) is 32.1 Å². The van der Waals surface area contributed by atoms with E-state index in [4.69, 9.17) is 9.72 Å². The number of ether oxygens (including phenoxy) is 1. The Kier molecular flexibility index (Phi) is 4.71. The van der Waals surface area contributed by atoms with Crippen molar-refractivity contribution in [1.82, 2.24) is 14.9 Å². The quantitative estimate of drug-likeness (QED) is 0.466. The molecule has 3 aromatic rings. The van der Waals surface area contributed by atoms with Gasteiger partial charge in [0, 0.05) is 35.2 Å². The van der Waals surface area contributed by atoms with Gasteiger partial charge in [0.05, 0.1) is 30.1 Å². The summed E-state index contributed by atoms with van der Waals surface area (Å²) in [7, 11) is 0. The highest BCUT2D eigenvalue weighted by molar-refractivity contribution is 5.88. The molecule has 7 nitrogen and oxygen atoms in total. The van der Waals surface area contributed by atoms with Crippen LogP contribution in [0.2, 0.25) is 0 Å². The van der Waals surface area contributed by atoms with Crippen molar-refractivity contribution in [1.29, 1.82) is 0 Å². The summed E-state index contributed by atoms with van der Waals surface area (Å²) in [5.74, 6) is -0.334. The van der Waals surface area contributed by atoms with Crippen LogP contribution in [0.1, 0.15) is 47.8 Å². The zero-order valence-corrected chi connectivity index (χ0v) is 17.6. The summed E-state index contributed by atoms with van der Waals surface area (Å²) in [4.78, 5) is 17.9. The molecule has 0 aliphatic carbocycles. The Labute approximate surface area is 178 Å². The van der Waals surface area contributed by atoms with Crippen LogP contribution in [0.25, 0.3) is 22.3 Å². The Hall–Kier alpha value is -2.65. The molecule has 31 heavy (non-hydrogen) atoms. The fraction of sp³-hybridized carbons (Fsp3) is 0.391. The van der Waals surface area contributed by atoms with Crippen LogP contribution >= 0.6 is 0 Å². The van der Waals surface area contributed by atoms with Gasteiger partial charge in [-0.25, -0.2) is 9.37 Å². The van der Waals surface area contributed by atoms with Crippen LogP contribution in [0.5, 0.6) is 0 Å². The number of aryl methyl sites for hydroxylation is 1. The van der Waals surface area contributed by atoms with Crippen molar-refractivity contribution in [2.24, 2.45) is 0 Å². The third-order valence-corrected chi connectivity index (χ3v) is 6.15. The second-order valence-corrected chi connectivity index (χ2v) is 8.57. The van der Waals surface area contributed by atoms with Crippen molar-refractivity contribution in [3.63, 3.8) is 0 Å². The van der Waals surface area contributed by atoms with Crippen LogP contribution in [-0.2, 0) is 24.4 Å². The maximum atomic E-state index is 14.3. The average molecular weight is 425 g/mol. The van der Waals surface area contributed by atoms with E-state index in [9.17, 15) is 19.4 Å². The van der Waals surface area contributed by atoms with Crippen molar-refractivity contribution in [3.8, 4) is 11.4 Å². The fourth-order valence-electron chi connectivity index (χ4n) is 4.43. The number of hydrogen-bond acceptors (Lipinski definition) is 6. The van der Waals surface area contributed by atoms with Gasteiger partial charge in [0.15, 0.2) is 6.29 Å². The average Bonchev–Trinajstić information content (AvgIpc) is 3.08. The third-order valence-electron chi connectivity index (χ3n) is 6.15. The van der Waals surface area contributed by atoms with Gasteiger partial charge < -0.3 is 24.8 Å². The summed E-state index contributed by atoms with van der Waals surface area (Å²) in [5.41, 5.74) is 4.51. The molecule has 0 saturated heterocycles. The Morgan fingerprint density at radius 1 is 1.29 bits per heavy atom. The van der Waals surface area contributed by atoms with Crippen molar-refractivity contribution >= 4 is 10.9 Å². The number of aliphatic hydroxyl groups is 2. The highest BCUT2D eigenvalue weighted by Gasteiger charge is 2.34. The monoisotopic (exact) mass is 425 g/mol. The number of aromatic nitrogens is 2. The van der Waals surface area contributed by atoms with Crippen LogP contribution < -0.4 is 10.9 Å². The molecule has 0 radical (unpaired) electrons. The van der Waals surface area contributed by atoms with Crippen LogP contribution in [0, 0.1) is 12.7 Å². The molecule has 4 heterocycles. The van der Waals surface area contributed by atoms with E-state index in [-0.39, 0.29) is 24.0 Å². The molecule has 1 unspecified atom stereocenters. The lowest BCUT2D eigenvalue weighted by atomic mass is 9.97. The molecular weight excluding hydrogens is 401 g/mol. The minimum atomic E-state index is -1.39. The molecule has 0 fully saturated rings. The summed E-state index contributed by atoms with van der Waals surface area (Å²) in [6.07, 6.45) is -2.70. The van der Waals surface area contributed by atoms with Crippen molar-refractivity contribution in [2.75, 3.05) is 0 Å². The molecule has 2 aliphatic heterocycles. The lowest BCUT2D eigenvalue weighted by Crippen LogP contribution is -2.34. The number of hydrogen-bond donors (Lipinski definition) is 3. The minimum Gasteiger partial charge on any atom is -0.383 e. The highest BCUT2D eigenvalue weighted by Crippen LogP contribution is 2.38. The number of halogens is 1. The highest BCUT2D eigenvalue weighted by atomic mass is 19.1. The molecule has 0 saturated carbocycles. The maximum absolute atomic E-state index is 14.3. The van der Waals surface area contributed by atoms with E-state index in [0.717, 1.165) is 16.5 Å². The lowest BCUT2D eigenvalue weighted by molar-refractivity contribution is -0.181. The minimum absolute atomic E-state index is 0.0649. The molecule has 0 spiro atoms. The first-order valence-electron chi connectivity index (χ1n) is 10.4. The zero-order valence-electron chi connectivity index (χ0n) is 17.6. The molecule has 2 aromatic heterocycles. The van der Waals surface area contributed by atoms with Crippen molar-refractivity contribution in [3.05, 3.63) is 62.2 Å². The number of fused-ring (bicyclic) bond motifs is 5. The van der Waals surface area contributed by atoms with Crippen molar-refractivity contribution < 1.29 is 19.3 Å². The standard InChI is InChI=1S/C23H24FN3O4/c1-10(2)25-7-14-12-4-11(3)17(24)6-18(12)26-20-15(14)8-27-19(20)5-13-16(22(27)29)9-31-23(30)21(13)28/h4-6,10,21,23,25,28,30H,7-9H2,1-3H3/t21-,23?/m0/s1. The molecule has 8 heteroatoms. The first-order chi connectivity index (χ1) is 14.8. The van der Waals surface area contributed by atoms with Gasteiger partial charge >= 0.3 is 0 Å². The van der Waals surface area contributed by atoms with Gasteiger partial charge in [-0.15, -0.1) is 0 Å². The molecule has 2 aliphatic rings. The van der Waals surface area contributed by atoms with E-state index in [2.05, 4.69) is 19.2 Å². The molecule has 2 atom stereocenters. The normalized spacial score (nSPS) is 19.6. The smallest absolute Gasteiger partial charge is 0.257 e. The van der Waals surface area contributed by atoms with E-state index >= 15 is 0 Å². The summed E-state index contributed by atoms with van der Waals surface area (Å²) >= 11 is 0. The Morgan fingerprint density at radius 2 is 2.06 bits per heavy atom. The number of benzene rings is 1. The predicted molar refractivity (Wildman–Crippen MR) is 113 cm³/mol. The molecule has 162 valence electrons. The van der Waals surface area contributed by atoms with E-state index in [0.29, 0.717) is 46.7 Å². The number of pyridine rings is 2. The summed E-state index contributed by atoms with van der Waals surface area (Å²) in [5, 5.41) is 24.5. The second kappa shape index (κ2) is 7.20.